The number of hydrogen-bond acceptors (Lipinski definition) is 1. The molecule has 1 nitrogen and oxygen atoms in total. The lowest BCUT2D eigenvalue weighted by Gasteiger charge is -2.01. The van der Waals surface area contributed by atoms with Gasteiger partial charge in [0.2, 0.25) is 0 Å². The number of hydrogen-bond donors (Lipinski definition) is 0. The van der Waals surface area contributed by atoms with Crippen molar-refractivity contribution in [2.75, 3.05) is 0 Å². The molecule has 1 aromatic rings. The summed E-state index contributed by atoms with van der Waals surface area (Å²) in [6.45, 7) is 5.90. The van der Waals surface area contributed by atoms with E-state index in [-0.39, 0.29) is 5.78 Å². The van der Waals surface area contributed by atoms with E-state index in [1.165, 1.54) is 0 Å². The topological polar surface area (TPSA) is 17.1 Å². The molecule has 1 aromatic carbocycles. The summed E-state index contributed by atoms with van der Waals surface area (Å²) >= 11 is 0. The smallest absolute Gasteiger partial charge is 0.167 e. The Hall–Kier alpha value is -1.37. The molecule has 1 aliphatic carbocycles. The van der Waals surface area contributed by atoms with Gasteiger partial charge in [-0.2, -0.15) is 0 Å². The van der Waals surface area contributed by atoms with Crippen LogP contribution in [0.15, 0.2) is 24.8 Å². The van der Waals surface area contributed by atoms with Gasteiger partial charge in [0.25, 0.3) is 0 Å². The van der Waals surface area contributed by atoms with Gasteiger partial charge in [-0.3, -0.25) is 4.79 Å². The zero-order chi connectivity index (χ0) is 8.72. The summed E-state index contributed by atoms with van der Waals surface area (Å²) in [6, 6.07) is 5.82. The summed E-state index contributed by atoms with van der Waals surface area (Å²) < 4.78 is 0. The van der Waals surface area contributed by atoms with E-state index >= 15 is 0 Å². The molecule has 0 atom stereocenters. The third kappa shape index (κ3) is 0.828. The predicted molar refractivity (Wildman–Crippen MR) is 49.2 cm³/mol. The lowest BCUT2D eigenvalue weighted by atomic mass is 10.0. The SMILES string of the molecule is C=C1CC(=O)c2cccc(C)c21. The molecule has 0 amide bonds. The maximum atomic E-state index is 11.4. The molecule has 0 heterocycles. The van der Waals surface area contributed by atoms with Crippen LogP contribution in [0, 0.1) is 6.92 Å². The fourth-order valence-electron chi connectivity index (χ4n) is 1.75. The summed E-state index contributed by atoms with van der Waals surface area (Å²) in [6.07, 6.45) is 0.500. The van der Waals surface area contributed by atoms with Gasteiger partial charge in [-0.15, -0.1) is 0 Å². The average Bonchev–Trinajstić information content (AvgIpc) is 2.29. The lowest BCUT2D eigenvalue weighted by molar-refractivity contribution is 0.100. The van der Waals surface area contributed by atoms with Gasteiger partial charge in [-0.25, -0.2) is 0 Å². The van der Waals surface area contributed by atoms with Crippen LogP contribution in [0.5, 0.6) is 0 Å². The van der Waals surface area contributed by atoms with Gasteiger partial charge < -0.3 is 0 Å². The van der Waals surface area contributed by atoms with Crippen LogP contribution in [0.2, 0.25) is 0 Å². The molecule has 60 valence electrons. The molecule has 12 heavy (non-hydrogen) atoms. The minimum absolute atomic E-state index is 0.207. The monoisotopic (exact) mass is 158 g/mol. The van der Waals surface area contributed by atoms with Gasteiger partial charge in [0.05, 0.1) is 0 Å². The molecule has 0 N–H and O–H groups in total. The second kappa shape index (κ2) is 2.31. The maximum absolute atomic E-state index is 11.4. The third-order valence-corrected chi connectivity index (χ3v) is 2.30. The molecular weight excluding hydrogens is 148 g/mol. The van der Waals surface area contributed by atoms with Crippen LogP contribution in [0.1, 0.15) is 27.9 Å². The second-order valence-electron chi connectivity index (χ2n) is 3.20. The van der Waals surface area contributed by atoms with Crippen molar-refractivity contribution in [3.63, 3.8) is 0 Å². The number of rotatable bonds is 0. The van der Waals surface area contributed by atoms with Crippen LogP contribution in [-0.4, -0.2) is 5.78 Å². The van der Waals surface area contributed by atoms with E-state index < -0.39 is 0 Å². The van der Waals surface area contributed by atoms with Gasteiger partial charge in [0.15, 0.2) is 5.78 Å². The normalized spacial score (nSPS) is 15.1. The first-order valence-corrected chi connectivity index (χ1v) is 4.01. The van der Waals surface area contributed by atoms with E-state index in [9.17, 15) is 4.79 Å². The maximum Gasteiger partial charge on any atom is 0.167 e. The van der Waals surface area contributed by atoms with Crippen LogP contribution in [0.4, 0.5) is 0 Å². The van der Waals surface area contributed by atoms with Crippen molar-refractivity contribution < 1.29 is 4.79 Å². The number of allylic oxidation sites excluding steroid dienone is 1. The largest absolute Gasteiger partial charge is 0.294 e. The summed E-state index contributed by atoms with van der Waals surface area (Å²) in [7, 11) is 0. The molecule has 1 heteroatoms. The Morgan fingerprint density at radius 3 is 2.83 bits per heavy atom. The number of carbonyl (C=O) groups is 1. The highest BCUT2D eigenvalue weighted by Crippen LogP contribution is 2.32. The molecule has 0 aromatic heterocycles. The van der Waals surface area contributed by atoms with Crippen molar-refractivity contribution in [1.29, 1.82) is 0 Å². The third-order valence-electron chi connectivity index (χ3n) is 2.30. The van der Waals surface area contributed by atoms with Crippen molar-refractivity contribution in [3.8, 4) is 0 Å². The predicted octanol–water partition coefficient (Wildman–Crippen LogP) is 2.59. The minimum Gasteiger partial charge on any atom is -0.294 e. The van der Waals surface area contributed by atoms with Crippen LogP contribution in [-0.2, 0) is 0 Å². The van der Waals surface area contributed by atoms with Crippen molar-refractivity contribution in [2.24, 2.45) is 0 Å². The molecular formula is C11H10O. The van der Waals surface area contributed by atoms with Crippen molar-refractivity contribution in [3.05, 3.63) is 41.5 Å². The first-order valence-electron chi connectivity index (χ1n) is 4.01. The van der Waals surface area contributed by atoms with Crippen LogP contribution < -0.4 is 0 Å². The summed E-state index contributed by atoms with van der Waals surface area (Å²) in [5.74, 6) is 0.207. The van der Waals surface area contributed by atoms with Gasteiger partial charge in [-0.05, 0) is 23.6 Å². The van der Waals surface area contributed by atoms with Gasteiger partial charge in [0.1, 0.15) is 0 Å². The van der Waals surface area contributed by atoms with Crippen LogP contribution >= 0.6 is 0 Å². The highest BCUT2D eigenvalue weighted by molar-refractivity contribution is 6.11. The Morgan fingerprint density at radius 1 is 1.42 bits per heavy atom. The Balaban J connectivity index is 2.75. The van der Waals surface area contributed by atoms with Crippen LogP contribution in [0.3, 0.4) is 0 Å². The highest BCUT2D eigenvalue weighted by atomic mass is 16.1. The number of Topliss-reactive ketones (excluding diaryl/α,β-unsaturated/α-hetero) is 1. The molecule has 2 rings (SSSR count). The van der Waals surface area contributed by atoms with E-state index in [1.54, 1.807) is 0 Å². The summed E-state index contributed by atoms with van der Waals surface area (Å²) in [5.41, 5.74) is 4.04. The Kier molecular flexibility index (Phi) is 1.40. The zero-order valence-electron chi connectivity index (χ0n) is 7.05. The number of aryl methyl sites for hydroxylation is 1. The highest BCUT2D eigenvalue weighted by Gasteiger charge is 2.23. The fourth-order valence-corrected chi connectivity index (χ4v) is 1.75. The molecule has 0 unspecified atom stereocenters. The Bertz CT molecular complexity index is 375. The second-order valence-corrected chi connectivity index (χ2v) is 3.20. The van der Waals surface area contributed by atoms with Crippen molar-refractivity contribution in [1.82, 2.24) is 0 Å². The summed E-state index contributed by atoms with van der Waals surface area (Å²) in [5, 5.41) is 0. The van der Waals surface area contributed by atoms with Crippen molar-refractivity contribution >= 4 is 11.4 Å². The van der Waals surface area contributed by atoms with Crippen LogP contribution in [0.25, 0.3) is 5.57 Å². The number of benzene rings is 1. The summed E-state index contributed by atoms with van der Waals surface area (Å²) in [4.78, 5) is 11.4. The lowest BCUT2D eigenvalue weighted by Crippen LogP contribution is -1.91. The number of fused-ring (bicyclic) bond motifs is 1. The molecule has 0 aliphatic heterocycles. The molecule has 0 saturated heterocycles. The minimum atomic E-state index is 0.207. The first kappa shape index (κ1) is 7.29. The molecule has 0 radical (unpaired) electrons. The Morgan fingerprint density at radius 2 is 2.17 bits per heavy atom. The standard InChI is InChI=1S/C11H10O/c1-7-4-3-5-9-10(12)6-8(2)11(7)9/h3-5H,2,6H2,1H3. The van der Waals surface area contributed by atoms with Gasteiger partial charge >= 0.3 is 0 Å². The molecule has 0 fully saturated rings. The molecule has 0 saturated carbocycles. The van der Waals surface area contributed by atoms with E-state index in [1.807, 2.05) is 25.1 Å². The molecule has 0 bridgehead atoms. The first-order chi connectivity index (χ1) is 5.70. The van der Waals surface area contributed by atoms with E-state index in [4.69, 9.17) is 0 Å². The van der Waals surface area contributed by atoms with E-state index in [0.29, 0.717) is 6.42 Å². The van der Waals surface area contributed by atoms with Gasteiger partial charge in [0, 0.05) is 12.0 Å². The van der Waals surface area contributed by atoms with Crippen molar-refractivity contribution in [2.45, 2.75) is 13.3 Å². The number of carbonyl (C=O) groups excluding carboxylic acids is 1. The van der Waals surface area contributed by atoms with E-state index in [2.05, 4.69) is 6.58 Å². The molecule has 1 aliphatic rings. The number of ketones is 1. The molecule has 0 spiro atoms. The Labute approximate surface area is 71.7 Å². The average molecular weight is 158 g/mol. The zero-order valence-corrected chi connectivity index (χ0v) is 7.05. The van der Waals surface area contributed by atoms with Gasteiger partial charge in [-0.1, -0.05) is 24.8 Å². The quantitative estimate of drug-likeness (QED) is 0.567. The van der Waals surface area contributed by atoms with E-state index in [0.717, 1.165) is 22.3 Å². The fraction of sp³-hybridized carbons (Fsp3) is 0.182.